The topological polar surface area (TPSA) is 78.9 Å². The Hall–Kier alpha value is -4.19. The first-order valence-corrected chi connectivity index (χ1v) is 25.5. The van der Waals surface area contributed by atoms with Gasteiger partial charge in [0.1, 0.15) is 13.2 Å². The maximum atomic E-state index is 12.8. The highest BCUT2D eigenvalue weighted by atomic mass is 16.6. The Kier molecular flexibility index (Phi) is 48.1. The molecule has 64 heavy (non-hydrogen) atoms. The Bertz CT molecular complexity index is 1390. The second-order valence-electron chi connectivity index (χ2n) is 16.3. The predicted molar refractivity (Wildman–Crippen MR) is 274 cm³/mol. The Labute approximate surface area is 392 Å². The number of hydrogen-bond acceptors (Lipinski definition) is 6. The first-order chi connectivity index (χ1) is 31.5. The fraction of sp³-hybridized carbons (Fsp3) is 0.603. The van der Waals surface area contributed by atoms with Gasteiger partial charge in [-0.25, -0.2) is 0 Å². The molecule has 0 aliphatic heterocycles. The van der Waals surface area contributed by atoms with Gasteiger partial charge in [0.25, 0.3) is 0 Å². The zero-order chi connectivity index (χ0) is 46.5. The van der Waals surface area contributed by atoms with Crippen LogP contribution in [0.1, 0.15) is 207 Å². The number of allylic oxidation sites excluding steroid dienone is 20. The summed E-state index contributed by atoms with van der Waals surface area (Å²) >= 11 is 0. The molecule has 6 heteroatoms. The molecular formula is C58H92O6. The Morgan fingerprint density at radius 3 is 1.02 bits per heavy atom. The molecule has 0 heterocycles. The summed E-state index contributed by atoms with van der Waals surface area (Å²) < 4.78 is 16.7. The van der Waals surface area contributed by atoms with Crippen LogP contribution in [0.3, 0.4) is 0 Å². The van der Waals surface area contributed by atoms with Crippen LogP contribution in [-0.4, -0.2) is 37.2 Å². The fourth-order valence-electron chi connectivity index (χ4n) is 6.39. The molecule has 1 atom stereocenters. The second-order valence-corrected chi connectivity index (χ2v) is 16.3. The Morgan fingerprint density at radius 2 is 0.609 bits per heavy atom. The van der Waals surface area contributed by atoms with Crippen molar-refractivity contribution >= 4 is 17.9 Å². The molecule has 0 aliphatic rings. The van der Waals surface area contributed by atoms with E-state index in [0.29, 0.717) is 19.3 Å². The van der Waals surface area contributed by atoms with Gasteiger partial charge in [-0.3, -0.25) is 14.4 Å². The predicted octanol–water partition coefficient (Wildman–Crippen LogP) is 16.9. The van der Waals surface area contributed by atoms with Crippen LogP contribution in [0.5, 0.6) is 0 Å². The third-order valence-electron chi connectivity index (χ3n) is 10.2. The summed E-state index contributed by atoms with van der Waals surface area (Å²) in [7, 11) is 0. The van der Waals surface area contributed by atoms with Crippen LogP contribution >= 0.6 is 0 Å². The normalized spacial score (nSPS) is 13.1. The van der Waals surface area contributed by atoms with Crippen LogP contribution in [0, 0.1) is 0 Å². The molecule has 0 amide bonds. The van der Waals surface area contributed by atoms with Gasteiger partial charge in [0.15, 0.2) is 6.10 Å². The molecule has 0 saturated heterocycles. The largest absolute Gasteiger partial charge is 0.462 e. The van der Waals surface area contributed by atoms with Crippen molar-refractivity contribution in [3.05, 3.63) is 122 Å². The molecule has 0 fully saturated rings. The Morgan fingerprint density at radius 1 is 0.328 bits per heavy atom. The summed E-state index contributed by atoms with van der Waals surface area (Å²) in [5.74, 6) is -1.01. The molecular weight excluding hydrogens is 793 g/mol. The van der Waals surface area contributed by atoms with Crippen molar-refractivity contribution < 1.29 is 28.6 Å². The molecule has 360 valence electrons. The number of carbonyl (C=O) groups excluding carboxylic acids is 3. The van der Waals surface area contributed by atoms with Crippen LogP contribution in [0.2, 0.25) is 0 Å². The van der Waals surface area contributed by atoms with Gasteiger partial charge in [0, 0.05) is 19.3 Å². The van der Waals surface area contributed by atoms with Crippen molar-refractivity contribution in [2.24, 2.45) is 0 Å². The third-order valence-corrected chi connectivity index (χ3v) is 10.2. The van der Waals surface area contributed by atoms with E-state index in [1.165, 1.54) is 32.1 Å². The van der Waals surface area contributed by atoms with E-state index in [2.05, 4.69) is 142 Å². The molecule has 6 nitrogen and oxygen atoms in total. The average molecular weight is 885 g/mol. The monoisotopic (exact) mass is 885 g/mol. The first kappa shape index (κ1) is 59.8. The molecule has 0 radical (unpaired) electrons. The lowest BCUT2D eigenvalue weighted by molar-refractivity contribution is -0.167. The van der Waals surface area contributed by atoms with Crippen molar-refractivity contribution in [2.75, 3.05) is 13.2 Å². The van der Waals surface area contributed by atoms with Crippen molar-refractivity contribution in [2.45, 2.75) is 213 Å². The van der Waals surface area contributed by atoms with Crippen LogP contribution in [-0.2, 0) is 28.6 Å². The summed E-state index contributed by atoms with van der Waals surface area (Å²) in [4.78, 5) is 37.9. The molecule has 0 saturated carbocycles. The van der Waals surface area contributed by atoms with Gasteiger partial charge in [-0.1, -0.05) is 181 Å². The van der Waals surface area contributed by atoms with Gasteiger partial charge in [0.2, 0.25) is 0 Å². The zero-order valence-corrected chi connectivity index (χ0v) is 41.0. The van der Waals surface area contributed by atoms with E-state index in [0.717, 1.165) is 128 Å². The van der Waals surface area contributed by atoms with Gasteiger partial charge >= 0.3 is 17.9 Å². The van der Waals surface area contributed by atoms with Crippen LogP contribution in [0.15, 0.2) is 122 Å². The van der Waals surface area contributed by atoms with E-state index in [9.17, 15) is 14.4 Å². The fourth-order valence-corrected chi connectivity index (χ4v) is 6.39. The molecule has 0 N–H and O–H groups in total. The maximum Gasteiger partial charge on any atom is 0.306 e. The highest BCUT2D eigenvalue weighted by Gasteiger charge is 2.19. The summed E-state index contributed by atoms with van der Waals surface area (Å²) in [6.45, 7) is 6.29. The molecule has 1 unspecified atom stereocenters. The van der Waals surface area contributed by atoms with E-state index >= 15 is 0 Å². The highest BCUT2D eigenvalue weighted by molar-refractivity contribution is 5.71. The number of esters is 3. The minimum Gasteiger partial charge on any atom is -0.462 e. The molecule has 0 aromatic rings. The number of hydrogen-bond donors (Lipinski definition) is 0. The zero-order valence-electron chi connectivity index (χ0n) is 41.0. The van der Waals surface area contributed by atoms with Gasteiger partial charge in [-0.2, -0.15) is 0 Å². The summed E-state index contributed by atoms with van der Waals surface area (Å²) in [6, 6.07) is 0. The van der Waals surface area contributed by atoms with Crippen molar-refractivity contribution in [1.29, 1.82) is 0 Å². The SMILES string of the molecule is CC/C=C\C/C=C\C/C=C\C/C=C\C/C=C\CCCCCC(=O)OCC(COC(=O)CCCCCCC/C=C\CCCCC)OC(=O)CCCC/C=C\C/C=C\C/C=C\C/C=C\CC. The lowest BCUT2D eigenvalue weighted by Crippen LogP contribution is -2.30. The number of unbranched alkanes of at least 4 members (excludes halogenated alkanes) is 13. The average Bonchev–Trinajstić information content (AvgIpc) is 3.29. The number of carbonyl (C=O) groups is 3. The van der Waals surface area contributed by atoms with Crippen molar-refractivity contribution in [3.8, 4) is 0 Å². The molecule has 0 aromatic carbocycles. The molecule has 0 spiro atoms. The maximum absolute atomic E-state index is 12.8. The highest BCUT2D eigenvalue weighted by Crippen LogP contribution is 2.12. The van der Waals surface area contributed by atoms with E-state index in [1.54, 1.807) is 0 Å². The molecule has 0 aliphatic carbocycles. The third kappa shape index (κ3) is 48.8. The van der Waals surface area contributed by atoms with Crippen LogP contribution in [0.4, 0.5) is 0 Å². The smallest absolute Gasteiger partial charge is 0.306 e. The quantitative estimate of drug-likeness (QED) is 0.0262. The standard InChI is InChI=1S/C58H92O6/c1-4-7-10-13-16-19-22-25-27-28-29-30-32-33-36-39-42-45-48-51-57(60)63-54-55(53-62-56(59)50-47-44-41-38-35-24-21-18-15-12-9-6-3)64-58(61)52-49-46-43-40-37-34-31-26-23-20-17-14-11-8-5-2/h7-8,10-11,16-21,25-27,29-31,33,36-37,40,55H,4-6,9,12-15,22-24,28,32,34-35,38-39,41-54H2,1-3H3/b10-7-,11-8-,19-16-,20-17-,21-18-,27-25-,30-29-,31-26-,36-33-,40-37-. The van der Waals surface area contributed by atoms with E-state index in [1.807, 2.05) is 0 Å². The Balaban J connectivity index is 4.53. The summed E-state index contributed by atoms with van der Waals surface area (Å²) in [6.07, 6.45) is 70.4. The van der Waals surface area contributed by atoms with E-state index < -0.39 is 6.10 Å². The summed E-state index contributed by atoms with van der Waals surface area (Å²) in [5.41, 5.74) is 0. The van der Waals surface area contributed by atoms with Gasteiger partial charge in [0.05, 0.1) is 0 Å². The van der Waals surface area contributed by atoms with Gasteiger partial charge in [-0.15, -0.1) is 0 Å². The van der Waals surface area contributed by atoms with E-state index in [-0.39, 0.29) is 37.5 Å². The van der Waals surface area contributed by atoms with Crippen LogP contribution < -0.4 is 0 Å². The first-order valence-electron chi connectivity index (χ1n) is 25.5. The summed E-state index contributed by atoms with van der Waals surface area (Å²) in [5, 5.41) is 0. The molecule has 0 aromatic heterocycles. The molecule has 0 bridgehead atoms. The lowest BCUT2D eigenvalue weighted by atomic mass is 10.1. The van der Waals surface area contributed by atoms with Crippen molar-refractivity contribution in [1.82, 2.24) is 0 Å². The van der Waals surface area contributed by atoms with Gasteiger partial charge in [-0.05, 0) is 128 Å². The minimum absolute atomic E-state index is 0.113. The van der Waals surface area contributed by atoms with E-state index in [4.69, 9.17) is 14.2 Å². The molecule has 0 rings (SSSR count). The van der Waals surface area contributed by atoms with Crippen LogP contribution in [0.25, 0.3) is 0 Å². The second kappa shape index (κ2) is 51.4. The lowest BCUT2D eigenvalue weighted by Gasteiger charge is -2.18. The minimum atomic E-state index is -0.819. The van der Waals surface area contributed by atoms with Gasteiger partial charge < -0.3 is 14.2 Å². The van der Waals surface area contributed by atoms with Crippen molar-refractivity contribution in [3.63, 3.8) is 0 Å². The number of rotatable bonds is 44. The number of ether oxygens (including phenoxy) is 3.